The second-order valence-corrected chi connectivity index (χ2v) is 4.14. The van der Waals surface area contributed by atoms with Gasteiger partial charge in [-0.15, -0.1) is 0 Å². The van der Waals surface area contributed by atoms with Gasteiger partial charge >= 0.3 is 0 Å². The van der Waals surface area contributed by atoms with Gasteiger partial charge in [-0.3, -0.25) is 9.36 Å². The second-order valence-electron chi connectivity index (χ2n) is 3.76. The van der Waals surface area contributed by atoms with E-state index in [2.05, 4.69) is 16.9 Å². The third-order valence-electron chi connectivity index (χ3n) is 2.44. The summed E-state index contributed by atoms with van der Waals surface area (Å²) in [4.78, 5) is 19.6. The van der Waals surface area contributed by atoms with E-state index in [1.807, 2.05) is 4.57 Å². The Morgan fingerprint density at radius 2 is 2.18 bits per heavy atom. The molecule has 0 aromatic carbocycles. The minimum Gasteiger partial charge on any atom is -0.333 e. The molecule has 0 saturated carbocycles. The van der Waals surface area contributed by atoms with E-state index < -0.39 is 0 Å². The van der Waals surface area contributed by atoms with Crippen molar-refractivity contribution in [1.82, 2.24) is 19.1 Å². The molecule has 0 bridgehead atoms. The van der Waals surface area contributed by atoms with E-state index in [-0.39, 0.29) is 10.7 Å². The van der Waals surface area contributed by atoms with E-state index in [4.69, 9.17) is 11.6 Å². The highest BCUT2D eigenvalue weighted by Gasteiger charge is 2.04. The van der Waals surface area contributed by atoms with Gasteiger partial charge in [-0.25, -0.2) is 9.97 Å². The molecule has 0 aliphatic heterocycles. The SMILES string of the molecule is CCCn1cncc1Cn1cnc(Cl)cc1=O. The molecule has 2 rings (SSSR count). The third kappa shape index (κ3) is 2.74. The van der Waals surface area contributed by atoms with Crippen LogP contribution < -0.4 is 5.56 Å². The lowest BCUT2D eigenvalue weighted by molar-refractivity contribution is 0.613. The van der Waals surface area contributed by atoms with Crippen LogP contribution in [-0.4, -0.2) is 19.1 Å². The van der Waals surface area contributed by atoms with Crippen LogP contribution in [0.4, 0.5) is 0 Å². The molecule has 90 valence electrons. The standard InChI is InChI=1S/C11H13ClN4O/c1-2-3-15-7-13-5-9(15)6-16-8-14-10(12)4-11(16)17/h4-5,7-8H,2-3,6H2,1H3. The molecule has 5 nitrogen and oxygen atoms in total. The predicted molar refractivity (Wildman–Crippen MR) is 65.1 cm³/mol. The van der Waals surface area contributed by atoms with Crippen LogP contribution in [0.3, 0.4) is 0 Å². The van der Waals surface area contributed by atoms with Crippen LogP contribution in [0.2, 0.25) is 5.15 Å². The van der Waals surface area contributed by atoms with Gasteiger partial charge in [0.25, 0.3) is 5.56 Å². The summed E-state index contributed by atoms with van der Waals surface area (Å²) in [7, 11) is 0. The maximum atomic E-state index is 11.6. The van der Waals surface area contributed by atoms with Crippen LogP contribution in [0.1, 0.15) is 19.0 Å². The van der Waals surface area contributed by atoms with Gasteiger partial charge in [-0.1, -0.05) is 18.5 Å². The van der Waals surface area contributed by atoms with Crippen LogP contribution in [0, 0.1) is 0 Å². The van der Waals surface area contributed by atoms with Crippen molar-refractivity contribution in [2.24, 2.45) is 0 Å². The van der Waals surface area contributed by atoms with Crippen LogP contribution in [0.15, 0.2) is 29.7 Å². The Hall–Kier alpha value is -1.62. The van der Waals surface area contributed by atoms with Crippen molar-refractivity contribution < 1.29 is 0 Å². The van der Waals surface area contributed by atoms with Crippen LogP contribution >= 0.6 is 11.6 Å². The maximum Gasteiger partial charge on any atom is 0.255 e. The van der Waals surface area contributed by atoms with Gasteiger partial charge in [-0.2, -0.15) is 0 Å². The Labute approximate surface area is 104 Å². The van der Waals surface area contributed by atoms with E-state index in [1.165, 1.54) is 17.0 Å². The molecular weight excluding hydrogens is 240 g/mol. The lowest BCUT2D eigenvalue weighted by Crippen LogP contribution is -2.21. The van der Waals surface area contributed by atoms with Crippen molar-refractivity contribution in [3.05, 3.63) is 46.1 Å². The lowest BCUT2D eigenvalue weighted by Gasteiger charge is -2.08. The zero-order valence-corrected chi connectivity index (χ0v) is 10.3. The Kier molecular flexibility index (Phi) is 3.58. The number of aryl methyl sites for hydroxylation is 1. The summed E-state index contributed by atoms with van der Waals surface area (Å²) in [5.74, 6) is 0. The summed E-state index contributed by atoms with van der Waals surface area (Å²) in [6.45, 7) is 3.45. The quantitative estimate of drug-likeness (QED) is 0.776. The average molecular weight is 253 g/mol. The molecule has 0 spiro atoms. The Morgan fingerprint density at radius 1 is 1.35 bits per heavy atom. The molecule has 2 heterocycles. The minimum atomic E-state index is -0.158. The third-order valence-corrected chi connectivity index (χ3v) is 2.65. The van der Waals surface area contributed by atoms with Crippen molar-refractivity contribution in [2.75, 3.05) is 0 Å². The second kappa shape index (κ2) is 5.14. The first kappa shape index (κ1) is 11.9. The maximum absolute atomic E-state index is 11.6. The number of rotatable bonds is 4. The molecular formula is C11H13ClN4O. The topological polar surface area (TPSA) is 52.7 Å². The summed E-state index contributed by atoms with van der Waals surface area (Å²) >= 11 is 5.64. The summed E-state index contributed by atoms with van der Waals surface area (Å²) in [6.07, 6.45) is 6.01. The molecule has 2 aromatic heterocycles. The number of aromatic nitrogens is 4. The van der Waals surface area contributed by atoms with Crippen molar-refractivity contribution >= 4 is 11.6 Å². The molecule has 0 radical (unpaired) electrons. The average Bonchev–Trinajstić information content (AvgIpc) is 2.71. The molecule has 17 heavy (non-hydrogen) atoms. The monoisotopic (exact) mass is 252 g/mol. The van der Waals surface area contributed by atoms with Crippen LogP contribution in [-0.2, 0) is 13.1 Å². The van der Waals surface area contributed by atoms with E-state index in [1.54, 1.807) is 12.5 Å². The molecule has 0 fully saturated rings. The first-order valence-corrected chi connectivity index (χ1v) is 5.79. The number of halogens is 1. The smallest absolute Gasteiger partial charge is 0.255 e. The Balaban J connectivity index is 2.25. The normalized spacial score (nSPS) is 10.7. The van der Waals surface area contributed by atoms with Crippen LogP contribution in [0.25, 0.3) is 0 Å². The van der Waals surface area contributed by atoms with Crippen molar-refractivity contribution in [3.8, 4) is 0 Å². The molecule has 0 aliphatic carbocycles. The molecule has 6 heteroatoms. The molecule has 2 aromatic rings. The van der Waals surface area contributed by atoms with Crippen molar-refractivity contribution in [3.63, 3.8) is 0 Å². The van der Waals surface area contributed by atoms with Gasteiger partial charge in [0.1, 0.15) is 5.15 Å². The van der Waals surface area contributed by atoms with Gasteiger partial charge in [0.15, 0.2) is 0 Å². The number of nitrogens with zero attached hydrogens (tertiary/aromatic N) is 4. The summed E-state index contributed by atoms with van der Waals surface area (Å²) < 4.78 is 3.54. The first-order chi connectivity index (χ1) is 8.20. The summed E-state index contributed by atoms with van der Waals surface area (Å²) in [5, 5.41) is 0.216. The molecule has 0 N–H and O–H groups in total. The molecule has 0 atom stereocenters. The highest BCUT2D eigenvalue weighted by Crippen LogP contribution is 2.03. The molecule has 0 amide bonds. The fourth-order valence-electron chi connectivity index (χ4n) is 1.62. The van der Waals surface area contributed by atoms with Gasteiger partial charge in [0.2, 0.25) is 0 Å². The minimum absolute atomic E-state index is 0.158. The lowest BCUT2D eigenvalue weighted by atomic mass is 10.4. The predicted octanol–water partition coefficient (Wildman–Crippen LogP) is 1.55. The van der Waals surface area contributed by atoms with Crippen molar-refractivity contribution in [1.29, 1.82) is 0 Å². The Morgan fingerprint density at radius 3 is 2.88 bits per heavy atom. The zero-order chi connectivity index (χ0) is 12.3. The van der Waals surface area contributed by atoms with Gasteiger partial charge < -0.3 is 4.57 Å². The fourth-order valence-corrected chi connectivity index (χ4v) is 1.76. The van der Waals surface area contributed by atoms with Crippen molar-refractivity contribution in [2.45, 2.75) is 26.4 Å². The largest absolute Gasteiger partial charge is 0.333 e. The number of hydrogen-bond acceptors (Lipinski definition) is 3. The summed E-state index contributed by atoms with van der Waals surface area (Å²) in [5.41, 5.74) is 0.826. The molecule has 0 saturated heterocycles. The highest BCUT2D eigenvalue weighted by molar-refractivity contribution is 6.29. The van der Waals surface area contributed by atoms with E-state index >= 15 is 0 Å². The van der Waals surface area contributed by atoms with E-state index in [0.29, 0.717) is 6.54 Å². The fraction of sp³-hybridized carbons (Fsp3) is 0.364. The van der Waals surface area contributed by atoms with Gasteiger partial charge in [0.05, 0.1) is 24.9 Å². The number of imidazole rings is 1. The van der Waals surface area contributed by atoms with Gasteiger partial charge in [-0.05, 0) is 6.42 Å². The number of hydrogen-bond donors (Lipinski definition) is 0. The summed E-state index contributed by atoms with van der Waals surface area (Å²) in [6, 6.07) is 1.31. The van der Waals surface area contributed by atoms with Gasteiger partial charge in [0, 0.05) is 18.8 Å². The highest BCUT2D eigenvalue weighted by atomic mass is 35.5. The van der Waals surface area contributed by atoms with E-state index in [9.17, 15) is 4.79 Å². The van der Waals surface area contributed by atoms with E-state index in [0.717, 1.165) is 18.7 Å². The molecule has 0 unspecified atom stereocenters. The van der Waals surface area contributed by atoms with Crippen LogP contribution in [0.5, 0.6) is 0 Å². The first-order valence-electron chi connectivity index (χ1n) is 5.41. The zero-order valence-electron chi connectivity index (χ0n) is 9.51. The molecule has 0 aliphatic rings. The Bertz CT molecular complexity index is 561.